The summed E-state index contributed by atoms with van der Waals surface area (Å²) in [7, 11) is 4.24. The number of morpholine rings is 1. The third kappa shape index (κ3) is 6.49. The van der Waals surface area contributed by atoms with Gasteiger partial charge in [-0.25, -0.2) is 4.39 Å². The molecule has 276 valence electrons. The van der Waals surface area contributed by atoms with E-state index in [9.17, 15) is 19.2 Å². The molecule has 8 rings (SSSR count). The Bertz CT molecular complexity index is 1560. The molecule has 51 heavy (non-hydrogen) atoms. The SMILES string of the molecule is CN1CCN(CCCNC2C(F)CC3C(=O)C(C(=O)NCCC4CCCN4C)=CN4C5CC6C(=O)c7ccccc7C(=O)C6CC5OC2C34)CC1. The smallest absolute Gasteiger partial charge is 0.256 e. The van der Waals surface area contributed by atoms with E-state index in [1.54, 1.807) is 30.5 Å². The molecular weight excluding hydrogens is 651 g/mol. The molecule has 4 heterocycles. The van der Waals surface area contributed by atoms with E-state index >= 15 is 4.39 Å². The third-order valence-electron chi connectivity index (χ3n) is 13.2. The van der Waals surface area contributed by atoms with Gasteiger partial charge in [-0.05, 0) is 78.7 Å². The van der Waals surface area contributed by atoms with Gasteiger partial charge in [0.15, 0.2) is 17.3 Å². The number of fused-ring (bicyclic) bond motifs is 4. The van der Waals surface area contributed by atoms with Crippen LogP contribution in [0.25, 0.3) is 0 Å². The number of hydrogen-bond donors (Lipinski definition) is 2. The number of carbonyl (C=O) groups is 4. The largest absolute Gasteiger partial charge is 0.369 e. The lowest BCUT2D eigenvalue weighted by Crippen LogP contribution is -2.73. The van der Waals surface area contributed by atoms with E-state index in [1.807, 2.05) is 0 Å². The van der Waals surface area contributed by atoms with Crippen molar-refractivity contribution in [1.82, 2.24) is 30.2 Å². The lowest BCUT2D eigenvalue weighted by Gasteiger charge is -2.60. The molecule has 0 bridgehead atoms. The normalized spacial score (nSPS) is 37.0. The molecule has 11 nitrogen and oxygen atoms in total. The Hall–Kier alpha value is -3.03. The molecule has 3 aliphatic carbocycles. The van der Waals surface area contributed by atoms with Crippen LogP contribution in [0.2, 0.25) is 0 Å². The van der Waals surface area contributed by atoms with Crippen molar-refractivity contribution >= 4 is 23.3 Å². The summed E-state index contributed by atoms with van der Waals surface area (Å²) in [6.07, 6.45) is 3.85. The van der Waals surface area contributed by atoms with E-state index in [2.05, 4.69) is 44.3 Å². The first-order valence-electron chi connectivity index (χ1n) is 19.3. The topological polar surface area (TPSA) is 115 Å². The maximum absolute atomic E-state index is 16.4. The van der Waals surface area contributed by atoms with E-state index in [1.165, 1.54) is 0 Å². The summed E-state index contributed by atoms with van der Waals surface area (Å²) in [5.74, 6) is -2.62. The lowest BCUT2D eigenvalue weighted by atomic mass is 9.63. The number of nitrogens with one attached hydrogen (secondary N) is 2. The van der Waals surface area contributed by atoms with Crippen molar-refractivity contribution in [3.05, 3.63) is 47.2 Å². The minimum Gasteiger partial charge on any atom is -0.369 e. The molecule has 4 aliphatic heterocycles. The van der Waals surface area contributed by atoms with Crippen molar-refractivity contribution in [2.45, 2.75) is 87.5 Å². The summed E-state index contributed by atoms with van der Waals surface area (Å²) in [5, 5.41) is 6.50. The van der Waals surface area contributed by atoms with Gasteiger partial charge < -0.3 is 35.0 Å². The van der Waals surface area contributed by atoms with Crippen molar-refractivity contribution in [2.75, 3.05) is 66.5 Å². The lowest BCUT2D eigenvalue weighted by molar-refractivity contribution is -0.202. The Morgan fingerprint density at radius 3 is 2.33 bits per heavy atom. The number of Topliss-reactive ketones (excluding diaryl/α,β-unsaturated/α-hetero) is 3. The molecule has 2 saturated carbocycles. The van der Waals surface area contributed by atoms with Gasteiger partial charge in [-0.15, -0.1) is 0 Å². The molecule has 0 aromatic heterocycles. The van der Waals surface area contributed by atoms with Crippen LogP contribution in [0.3, 0.4) is 0 Å². The summed E-state index contributed by atoms with van der Waals surface area (Å²) in [6, 6.07) is 6.01. The zero-order chi connectivity index (χ0) is 35.4. The Balaban J connectivity index is 1.05. The first-order valence-corrected chi connectivity index (χ1v) is 19.3. The van der Waals surface area contributed by atoms with Crippen molar-refractivity contribution in [1.29, 1.82) is 0 Å². The number of amides is 1. The maximum Gasteiger partial charge on any atom is 0.256 e. The fourth-order valence-corrected chi connectivity index (χ4v) is 10.3. The van der Waals surface area contributed by atoms with Crippen molar-refractivity contribution in [2.24, 2.45) is 17.8 Å². The number of carbonyl (C=O) groups excluding carboxylic acids is 4. The molecule has 5 fully saturated rings. The predicted molar refractivity (Wildman–Crippen MR) is 189 cm³/mol. The number of piperazine rings is 1. The highest BCUT2D eigenvalue weighted by atomic mass is 19.1. The number of ether oxygens (including phenoxy) is 1. The molecule has 3 saturated heterocycles. The molecule has 10 atom stereocenters. The fraction of sp³-hybridized carbons (Fsp3) is 0.692. The summed E-state index contributed by atoms with van der Waals surface area (Å²) in [5.41, 5.74) is 0.981. The second kappa shape index (κ2) is 14.4. The van der Waals surface area contributed by atoms with Crippen LogP contribution in [0.4, 0.5) is 4.39 Å². The van der Waals surface area contributed by atoms with E-state index < -0.39 is 54.1 Å². The van der Waals surface area contributed by atoms with Gasteiger partial charge in [0.05, 0.1) is 35.9 Å². The van der Waals surface area contributed by atoms with E-state index in [-0.39, 0.29) is 35.4 Å². The van der Waals surface area contributed by atoms with Crippen molar-refractivity contribution < 1.29 is 28.3 Å². The molecular formula is C39H53FN6O5. The Morgan fingerprint density at radius 1 is 0.902 bits per heavy atom. The predicted octanol–water partition coefficient (Wildman–Crippen LogP) is 1.92. The average molecular weight is 705 g/mol. The Labute approximate surface area is 300 Å². The average Bonchev–Trinajstić information content (AvgIpc) is 3.55. The highest BCUT2D eigenvalue weighted by Gasteiger charge is 2.61. The molecule has 1 aromatic rings. The minimum absolute atomic E-state index is 0.00169. The summed E-state index contributed by atoms with van der Waals surface area (Å²) in [4.78, 5) is 64.6. The van der Waals surface area contributed by atoms with E-state index in [0.717, 1.165) is 65.0 Å². The van der Waals surface area contributed by atoms with Gasteiger partial charge in [0.1, 0.15) is 6.17 Å². The molecule has 7 aliphatic rings. The zero-order valence-corrected chi connectivity index (χ0v) is 30.0. The van der Waals surface area contributed by atoms with Crippen LogP contribution in [-0.2, 0) is 14.3 Å². The van der Waals surface area contributed by atoms with E-state index in [4.69, 9.17) is 4.74 Å². The van der Waals surface area contributed by atoms with E-state index in [0.29, 0.717) is 43.1 Å². The van der Waals surface area contributed by atoms with Crippen molar-refractivity contribution in [3.8, 4) is 0 Å². The number of hydrogen-bond acceptors (Lipinski definition) is 10. The molecule has 2 N–H and O–H groups in total. The number of likely N-dealkylation sites (N-methyl/N-ethyl adjacent to an activating group) is 1. The van der Waals surface area contributed by atoms with Crippen LogP contribution >= 0.6 is 0 Å². The number of nitrogens with zero attached hydrogens (tertiary/aromatic N) is 4. The molecule has 0 spiro atoms. The van der Waals surface area contributed by atoms with Gasteiger partial charge in [0.2, 0.25) is 0 Å². The summed E-state index contributed by atoms with van der Waals surface area (Å²) >= 11 is 0. The van der Waals surface area contributed by atoms with Crippen LogP contribution in [0.5, 0.6) is 0 Å². The van der Waals surface area contributed by atoms with Gasteiger partial charge in [0.25, 0.3) is 5.91 Å². The number of halogens is 1. The summed E-state index contributed by atoms with van der Waals surface area (Å²) in [6.45, 7) is 7.17. The van der Waals surface area contributed by atoms with Crippen LogP contribution in [-0.4, -0.2) is 152 Å². The first kappa shape index (κ1) is 35.0. The van der Waals surface area contributed by atoms with Crippen LogP contribution < -0.4 is 10.6 Å². The minimum atomic E-state index is -1.34. The number of ketones is 3. The first-order chi connectivity index (χ1) is 24.7. The van der Waals surface area contributed by atoms with Gasteiger partial charge in [-0.1, -0.05) is 24.3 Å². The van der Waals surface area contributed by atoms with Crippen molar-refractivity contribution in [3.63, 3.8) is 0 Å². The number of alkyl halides is 1. The zero-order valence-electron chi connectivity index (χ0n) is 30.0. The van der Waals surface area contributed by atoms with Gasteiger partial charge >= 0.3 is 0 Å². The highest BCUT2D eigenvalue weighted by molar-refractivity contribution is 6.20. The monoisotopic (exact) mass is 704 g/mol. The molecule has 10 unspecified atom stereocenters. The Morgan fingerprint density at radius 2 is 1.63 bits per heavy atom. The second-order valence-corrected chi connectivity index (χ2v) is 16.2. The fourth-order valence-electron chi connectivity index (χ4n) is 10.3. The van der Waals surface area contributed by atoms with Crippen LogP contribution in [0.15, 0.2) is 36.0 Å². The summed E-state index contributed by atoms with van der Waals surface area (Å²) < 4.78 is 23.2. The molecule has 1 amide bonds. The van der Waals surface area contributed by atoms with Gasteiger partial charge in [-0.3, -0.25) is 19.2 Å². The van der Waals surface area contributed by atoms with Crippen LogP contribution in [0.1, 0.15) is 65.7 Å². The number of benzene rings is 1. The highest BCUT2D eigenvalue weighted by Crippen LogP contribution is 2.49. The quantitative estimate of drug-likeness (QED) is 0.292. The third-order valence-corrected chi connectivity index (χ3v) is 13.2. The van der Waals surface area contributed by atoms with Crippen LogP contribution in [0, 0.1) is 17.8 Å². The molecule has 1 aromatic carbocycles. The van der Waals surface area contributed by atoms with Gasteiger partial charge in [-0.2, -0.15) is 0 Å². The Kier molecular flexibility index (Phi) is 9.90. The number of rotatable bonds is 9. The number of likely N-dealkylation sites (tertiary alicyclic amines) is 1. The standard InChI is InChI=1S/C39H53FN6O5/c1-43-15-17-45(18-16-43)14-6-11-41-33-30(40)19-28-34-38(33)51-32-21-27-26(35(47)24-8-3-4-9-25(24)36(27)48)20-31(32)46(34)22-29(37(28)49)39(50)42-12-10-23-7-5-13-44(23)2/h3-4,8-9,22-23,26-28,30-34,38,41H,5-7,10-21H2,1-2H3,(H,42,50). The molecule has 12 heteroatoms. The second-order valence-electron chi connectivity index (χ2n) is 16.2. The maximum atomic E-state index is 16.4. The molecule has 0 radical (unpaired) electrons. The van der Waals surface area contributed by atoms with Gasteiger partial charge in [0, 0.05) is 73.8 Å².